The Morgan fingerprint density at radius 2 is 1.21 bits per heavy atom. The summed E-state index contributed by atoms with van der Waals surface area (Å²) in [4.78, 5) is 0. The van der Waals surface area contributed by atoms with Crippen molar-refractivity contribution in [2.75, 3.05) is 0 Å². The van der Waals surface area contributed by atoms with Gasteiger partial charge >= 0.3 is 0 Å². The lowest BCUT2D eigenvalue weighted by Crippen LogP contribution is -2.23. The fourth-order valence-corrected chi connectivity index (χ4v) is 8.63. The van der Waals surface area contributed by atoms with Crippen LogP contribution in [0.15, 0.2) is 146 Å². The summed E-state index contributed by atoms with van der Waals surface area (Å²) >= 11 is 1.82. The van der Waals surface area contributed by atoms with Crippen molar-refractivity contribution in [2.45, 2.75) is 6.92 Å². The highest BCUT2D eigenvalue weighted by Gasteiger charge is 2.17. The molecule has 0 fully saturated rings. The van der Waals surface area contributed by atoms with Crippen LogP contribution in [0.4, 0.5) is 0 Å². The van der Waals surface area contributed by atoms with Crippen LogP contribution in [0.1, 0.15) is 12.5 Å². The number of rotatable bonds is 4. The minimum atomic E-state index is 0.657. The first kappa shape index (κ1) is 28.1. The molecule has 0 aliphatic carbocycles. The standard InChI is InChI=1S/C44H29N3S/c1-3-32-35-13-7-10-16-43(35)48-44(32)38(4-2)47-40-15-9-6-12-34(40)37-26-30(20-24-42(37)47)29-19-23-41-36(25-29)33-11-5-8-14-39(33)46(41)31-21-17-28(27-45)18-22-31/h3-26H,2H2,1H3/b32-3-,44-38-. The first-order valence-corrected chi connectivity index (χ1v) is 16.9. The van der Waals surface area contributed by atoms with E-state index < -0.39 is 0 Å². The van der Waals surface area contributed by atoms with Gasteiger partial charge < -0.3 is 9.13 Å². The number of nitrogens with zero attached hydrogens (tertiary/aromatic N) is 3. The van der Waals surface area contributed by atoms with Crippen molar-refractivity contribution in [3.05, 3.63) is 161 Å². The number of allylic oxidation sites excluding steroid dienone is 1. The minimum absolute atomic E-state index is 0.657. The molecule has 3 nitrogen and oxygen atoms in total. The van der Waals surface area contributed by atoms with Crippen molar-refractivity contribution in [1.29, 1.82) is 5.26 Å². The Kier molecular flexibility index (Phi) is 6.43. The molecule has 0 spiro atoms. The Bertz CT molecular complexity index is 2930. The van der Waals surface area contributed by atoms with Crippen molar-refractivity contribution >= 4 is 76.8 Å². The van der Waals surface area contributed by atoms with Crippen molar-refractivity contribution in [2.24, 2.45) is 0 Å². The summed E-state index contributed by atoms with van der Waals surface area (Å²) in [6.45, 7) is 6.44. The van der Waals surface area contributed by atoms with Crippen LogP contribution in [-0.2, 0) is 0 Å². The van der Waals surface area contributed by atoms with E-state index in [0.29, 0.717) is 5.56 Å². The highest BCUT2D eigenvalue weighted by Crippen LogP contribution is 2.38. The second kappa shape index (κ2) is 11.0. The fourth-order valence-electron chi connectivity index (χ4n) is 7.36. The van der Waals surface area contributed by atoms with Gasteiger partial charge in [-0.2, -0.15) is 5.26 Å². The predicted octanol–water partition coefficient (Wildman–Crippen LogP) is 10.3. The molecule has 226 valence electrons. The zero-order chi connectivity index (χ0) is 32.4. The zero-order valence-electron chi connectivity index (χ0n) is 26.3. The summed E-state index contributed by atoms with van der Waals surface area (Å²) < 4.78 is 7.17. The normalized spacial score (nSPS) is 12.8. The summed E-state index contributed by atoms with van der Waals surface area (Å²) in [5, 5.41) is 16.7. The Morgan fingerprint density at radius 1 is 0.646 bits per heavy atom. The third-order valence-electron chi connectivity index (χ3n) is 9.52. The number of hydrogen-bond donors (Lipinski definition) is 0. The topological polar surface area (TPSA) is 33.6 Å². The molecule has 9 aromatic rings. The SMILES string of the molecule is C=C/C(=c1/sc2ccccc2/c1=C/C)n1c2ccccc2c2cc(-c3ccc4c(c3)c3ccccc3n4-c3ccc(C#N)cc3)ccc21. The number of nitriles is 1. The summed E-state index contributed by atoms with van der Waals surface area (Å²) in [6.07, 6.45) is 4.23. The van der Waals surface area contributed by atoms with Crippen LogP contribution in [0.5, 0.6) is 0 Å². The smallest absolute Gasteiger partial charge is 0.0991 e. The van der Waals surface area contributed by atoms with E-state index >= 15 is 0 Å². The average Bonchev–Trinajstić information content (AvgIpc) is 3.79. The molecule has 48 heavy (non-hydrogen) atoms. The van der Waals surface area contributed by atoms with Gasteiger partial charge in [0.15, 0.2) is 0 Å². The van der Waals surface area contributed by atoms with Gasteiger partial charge in [0.25, 0.3) is 0 Å². The zero-order valence-corrected chi connectivity index (χ0v) is 27.1. The van der Waals surface area contributed by atoms with Crippen LogP contribution in [-0.4, -0.2) is 9.13 Å². The maximum absolute atomic E-state index is 9.34. The first-order valence-electron chi connectivity index (χ1n) is 16.1. The Morgan fingerprint density at radius 3 is 1.90 bits per heavy atom. The number of hydrogen-bond acceptors (Lipinski definition) is 2. The van der Waals surface area contributed by atoms with Crippen LogP contribution in [0.3, 0.4) is 0 Å². The summed E-state index contributed by atoms with van der Waals surface area (Å²) in [5.41, 5.74) is 9.75. The third kappa shape index (κ3) is 4.12. The van der Waals surface area contributed by atoms with E-state index in [-0.39, 0.29) is 0 Å². The average molecular weight is 632 g/mol. The molecule has 0 bridgehead atoms. The molecule has 0 aliphatic rings. The Balaban J connectivity index is 1.27. The number of para-hydroxylation sites is 2. The Hall–Kier alpha value is -6.15. The van der Waals surface area contributed by atoms with Gasteiger partial charge in [-0.25, -0.2) is 0 Å². The lowest BCUT2D eigenvalue weighted by atomic mass is 10.0. The molecular weight excluding hydrogens is 603 g/mol. The number of benzene rings is 6. The van der Waals surface area contributed by atoms with E-state index in [2.05, 4.69) is 144 Å². The van der Waals surface area contributed by atoms with Crippen molar-refractivity contribution in [3.8, 4) is 22.9 Å². The predicted molar refractivity (Wildman–Crippen MR) is 204 cm³/mol. The van der Waals surface area contributed by atoms with E-state index in [1.165, 1.54) is 58.0 Å². The minimum Gasteiger partial charge on any atom is -0.309 e. The lowest BCUT2D eigenvalue weighted by molar-refractivity contribution is 1.18. The molecule has 0 amide bonds. The number of fused-ring (bicyclic) bond motifs is 7. The maximum atomic E-state index is 9.34. The van der Waals surface area contributed by atoms with E-state index in [1.54, 1.807) is 0 Å². The van der Waals surface area contributed by atoms with Gasteiger partial charge in [-0.3, -0.25) is 0 Å². The molecule has 9 rings (SSSR count). The molecule has 6 aromatic carbocycles. The van der Waals surface area contributed by atoms with E-state index in [4.69, 9.17) is 0 Å². The number of thiophene rings is 1. The first-order chi connectivity index (χ1) is 23.7. The lowest BCUT2D eigenvalue weighted by Gasteiger charge is -2.10. The van der Waals surface area contributed by atoms with Crippen LogP contribution >= 0.6 is 11.3 Å². The second-order valence-corrected chi connectivity index (χ2v) is 13.1. The molecule has 0 unspecified atom stereocenters. The molecule has 0 radical (unpaired) electrons. The summed E-state index contributed by atoms with van der Waals surface area (Å²) in [7, 11) is 0. The van der Waals surface area contributed by atoms with Gasteiger partial charge in [-0.05, 0) is 96.1 Å². The van der Waals surface area contributed by atoms with Gasteiger partial charge in [-0.1, -0.05) is 79.4 Å². The van der Waals surface area contributed by atoms with Gasteiger partial charge in [-0.15, -0.1) is 11.3 Å². The van der Waals surface area contributed by atoms with Crippen LogP contribution in [0, 0.1) is 11.3 Å². The van der Waals surface area contributed by atoms with Crippen molar-refractivity contribution in [1.82, 2.24) is 9.13 Å². The van der Waals surface area contributed by atoms with Gasteiger partial charge in [0, 0.05) is 37.3 Å². The molecule has 3 aromatic heterocycles. The third-order valence-corrected chi connectivity index (χ3v) is 10.7. The molecule has 0 N–H and O–H groups in total. The highest BCUT2D eigenvalue weighted by atomic mass is 32.1. The maximum Gasteiger partial charge on any atom is 0.0991 e. The highest BCUT2D eigenvalue weighted by molar-refractivity contribution is 7.17. The summed E-state index contributed by atoms with van der Waals surface area (Å²) in [6, 6.07) is 49.5. The summed E-state index contributed by atoms with van der Waals surface area (Å²) in [5.74, 6) is 0. The monoisotopic (exact) mass is 631 g/mol. The second-order valence-electron chi connectivity index (χ2n) is 12.0. The molecule has 0 aliphatic heterocycles. The molecule has 0 atom stereocenters. The van der Waals surface area contributed by atoms with Crippen LogP contribution < -0.4 is 9.75 Å². The van der Waals surface area contributed by atoms with Crippen LogP contribution in [0.2, 0.25) is 0 Å². The molecule has 3 heterocycles. The fraction of sp³-hybridized carbons (Fsp3) is 0.0227. The van der Waals surface area contributed by atoms with Gasteiger partial charge in [0.05, 0.1) is 43.9 Å². The Labute approximate surface area is 281 Å². The quantitative estimate of drug-likeness (QED) is 0.190. The molecule has 0 saturated carbocycles. The van der Waals surface area contributed by atoms with Crippen molar-refractivity contribution < 1.29 is 0 Å². The van der Waals surface area contributed by atoms with E-state index in [0.717, 1.165) is 27.9 Å². The van der Waals surface area contributed by atoms with E-state index in [9.17, 15) is 5.26 Å². The van der Waals surface area contributed by atoms with E-state index in [1.807, 2.05) is 41.7 Å². The van der Waals surface area contributed by atoms with Gasteiger partial charge in [0.2, 0.25) is 0 Å². The molecular formula is C44H29N3S. The number of aromatic nitrogens is 2. The van der Waals surface area contributed by atoms with Crippen LogP contribution in [0.25, 0.3) is 82.3 Å². The largest absolute Gasteiger partial charge is 0.309 e. The molecule has 0 saturated heterocycles. The van der Waals surface area contributed by atoms with Gasteiger partial charge in [0.1, 0.15) is 0 Å². The van der Waals surface area contributed by atoms with Crippen molar-refractivity contribution in [3.63, 3.8) is 0 Å². The molecule has 4 heteroatoms.